The zero-order chi connectivity index (χ0) is 18.1. The van der Waals surface area contributed by atoms with E-state index in [4.69, 9.17) is 5.73 Å². The fourth-order valence-electron chi connectivity index (χ4n) is 2.54. The lowest BCUT2D eigenvalue weighted by Gasteiger charge is -2.16. The van der Waals surface area contributed by atoms with Crippen molar-refractivity contribution in [3.8, 4) is 0 Å². The Morgan fingerprint density at radius 3 is 2.88 bits per heavy atom. The second-order valence-electron chi connectivity index (χ2n) is 5.97. The number of carbonyl (C=O) groups excluding carboxylic acids is 1. The first-order valence-electron chi connectivity index (χ1n) is 8.69. The number of nitrogens with zero attached hydrogens (tertiary/aromatic N) is 1. The Bertz CT molecular complexity index is 753. The molecule has 0 bridgehead atoms. The van der Waals surface area contributed by atoms with Gasteiger partial charge in [0.15, 0.2) is 0 Å². The number of thioether (sulfide) groups is 1. The van der Waals surface area contributed by atoms with Crippen LogP contribution in [0, 0.1) is 0 Å². The molecule has 2 aromatic rings. The molecule has 0 aliphatic rings. The molecule has 2 rings (SSSR count). The Balaban J connectivity index is 0.00000338. The number of carbonyl (C=O) groups is 1. The van der Waals surface area contributed by atoms with Crippen molar-refractivity contribution in [3.05, 3.63) is 40.4 Å². The monoisotopic (exact) mass is 398 g/mol. The minimum atomic E-state index is -0.124. The van der Waals surface area contributed by atoms with E-state index in [-0.39, 0.29) is 29.9 Å². The van der Waals surface area contributed by atoms with Crippen molar-refractivity contribution in [1.29, 1.82) is 0 Å². The Morgan fingerprint density at radius 1 is 1.38 bits per heavy atom. The standard InChI is InChI=1S/C18H26N4O2S.ClH/c1-2-3-6-13(11-19)20-17(23)9-10-25-12-16-21-15-8-5-4-7-14(15)18(24)22-16;/h4-5,7-8,13H,2-3,6,9-12,19H2,1H3,(H,20,23)(H,21,22,24);1H. The molecule has 1 heterocycles. The predicted octanol–water partition coefficient (Wildman–Crippen LogP) is 2.60. The number of H-pyrrole nitrogens is 1. The molecule has 0 spiro atoms. The Morgan fingerprint density at radius 2 is 2.15 bits per heavy atom. The van der Waals surface area contributed by atoms with Gasteiger partial charge in [-0.25, -0.2) is 4.98 Å². The molecule has 1 aromatic heterocycles. The number of rotatable bonds is 10. The number of nitrogens with two attached hydrogens (primary N) is 1. The van der Waals surface area contributed by atoms with E-state index >= 15 is 0 Å². The molecule has 1 atom stereocenters. The molecule has 6 nitrogen and oxygen atoms in total. The predicted molar refractivity (Wildman–Crippen MR) is 111 cm³/mol. The molecule has 144 valence electrons. The third kappa shape index (κ3) is 6.97. The molecule has 1 unspecified atom stereocenters. The SMILES string of the molecule is CCCCC(CN)NC(=O)CCSCc1nc2ccccc2c(=O)[nH]1.Cl. The molecular weight excluding hydrogens is 372 g/mol. The third-order valence-electron chi connectivity index (χ3n) is 3.93. The summed E-state index contributed by atoms with van der Waals surface area (Å²) in [5, 5.41) is 3.58. The van der Waals surface area contributed by atoms with Crippen LogP contribution in [0.5, 0.6) is 0 Å². The summed E-state index contributed by atoms with van der Waals surface area (Å²) < 4.78 is 0. The highest BCUT2D eigenvalue weighted by molar-refractivity contribution is 7.98. The molecular formula is C18H27ClN4O2S. The van der Waals surface area contributed by atoms with Crippen LogP contribution in [-0.2, 0) is 10.5 Å². The lowest BCUT2D eigenvalue weighted by atomic mass is 10.1. The van der Waals surface area contributed by atoms with Crippen molar-refractivity contribution in [3.63, 3.8) is 0 Å². The van der Waals surface area contributed by atoms with E-state index in [0.717, 1.165) is 19.3 Å². The number of para-hydroxylation sites is 1. The van der Waals surface area contributed by atoms with E-state index in [9.17, 15) is 9.59 Å². The molecule has 0 saturated heterocycles. The zero-order valence-corrected chi connectivity index (χ0v) is 16.6. The highest BCUT2D eigenvalue weighted by Crippen LogP contribution is 2.12. The van der Waals surface area contributed by atoms with Crippen molar-refractivity contribution in [1.82, 2.24) is 15.3 Å². The molecule has 0 fully saturated rings. The molecule has 1 amide bonds. The summed E-state index contributed by atoms with van der Waals surface area (Å²) in [6.07, 6.45) is 3.52. The van der Waals surface area contributed by atoms with Gasteiger partial charge in [-0.3, -0.25) is 9.59 Å². The van der Waals surface area contributed by atoms with Crippen molar-refractivity contribution in [2.75, 3.05) is 12.3 Å². The van der Waals surface area contributed by atoms with Crippen molar-refractivity contribution in [2.24, 2.45) is 5.73 Å². The number of unbranched alkanes of at least 4 members (excludes halogenated alkanes) is 1. The largest absolute Gasteiger partial charge is 0.352 e. The number of benzene rings is 1. The van der Waals surface area contributed by atoms with Gasteiger partial charge in [-0.05, 0) is 18.6 Å². The van der Waals surface area contributed by atoms with E-state index in [1.54, 1.807) is 17.8 Å². The molecule has 0 aliphatic heterocycles. The van der Waals surface area contributed by atoms with E-state index in [0.29, 0.717) is 41.2 Å². The van der Waals surface area contributed by atoms with Gasteiger partial charge < -0.3 is 16.0 Å². The van der Waals surface area contributed by atoms with Gasteiger partial charge in [-0.2, -0.15) is 11.8 Å². The summed E-state index contributed by atoms with van der Waals surface area (Å²) in [5.41, 5.74) is 6.26. The van der Waals surface area contributed by atoms with Crippen molar-refractivity contribution < 1.29 is 4.79 Å². The molecule has 1 aromatic carbocycles. The van der Waals surface area contributed by atoms with Crippen molar-refractivity contribution >= 4 is 41.0 Å². The number of amides is 1. The molecule has 0 radical (unpaired) electrons. The summed E-state index contributed by atoms with van der Waals surface area (Å²) in [5.74, 6) is 1.91. The second-order valence-corrected chi connectivity index (χ2v) is 7.08. The zero-order valence-electron chi connectivity index (χ0n) is 15.0. The minimum Gasteiger partial charge on any atom is -0.352 e. The average molecular weight is 399 g/mol. The maximum atomic E-state index is 12.0. The van der Waals surface area contributed by atoms with Gasteiger partial charge in [0, 0.05) is 24.8 Å². The summed E-state index contributed by atoms with van der Waals surface area (Å²) in [4.78, 5) is 31.2. The lowest BCUT2D eigenvalue weighted by Crippen LogP contribution is -2.40. The number of hydrogen-bond acceptors (Lipinski definition) is 5. The molecule has 0 saturated carbocycles. The van der Waals surface area contributed by atoms with Crippen LogP contribution in [0.4, 0.5) is 0 Å². The van der Waals surface area contributed by atoms with Gasteiger partial charge in [-0.1, -0.05) is 31.9 Å². The average Bonchev–Trinajstić information content (AvgIpc) is 2.62. The third-order valence-corrected chi connectivity index (χ3v) is 4.90. The Labute approximate surface area is 164 Å². The highest BCUT2D eigenvalue weighted by Gasteiger charge is 2.10. The van der Waals surface area contributed by atoms with Gasteiger partial charge in [0.25, 0.3) is 5.56 Å². The van der Waals surface area contributed by atoms with Gasteiger partial charge in [0.2, 0.25) is 5.91 Å². The molecule has 26 heavy (non-hydrogen) atoms. The highest BCUT2D eigenvalue weighted by atomic mass is 35.5. The van der Waals surface area contributed by atoms with Crippen LogP contribution in [0.2, 0.25) is 0 Å². The van der Waals surface area contributed by atoms with E-state index < -0.39 is 0 Å². The van der Waals surface area contributed by atoms with Crippen LogP contribution in [0.15, 0.2) is 29.1 Å². The van der Waals surface area contributed by atoms with Gasteiger partial charge >= 0.3 is 0 Å². The van der Waals surface area contributed by atoms with Crippen LogP contribution in [-0.4, -0.2) is 34.2 Å². The second kappa shape index (κ2) is 11.9. The van der Waals surface area contributed by atoms with Crippen LogP contribution in [0.1, 0.15) is 38.4 Å². The summed E-state index contributed by atoms with van der Waals surface area (Å²) >= 11 is 1.58. The van der Waals surface area contributed by atoms with Gasteiger partial charge in [0.05, 0.1) is 16.7 Å². The van der Waals surface area contributed by atoms with Gasteiger partial charge in [-0.15, -0.1) is 12.4 Å². The van der Waals surface area contributed by atoms with E-state index in [1.807, 2.05) is 18.2 Å². The Kier molecular flexibility index (Phi) is 10.3. The van der Waals surface area contributed by atoms with E-state index in [1.165, 1.54) is 0 Å². The maximum Gasteiger partial charge on any atom is 0.258 e. The normalized spacial score (nSPS) is 11.8. The number of nitrogens with one attached hydrogen (secondary N) is 2. The first-order chi connectivity index (χ1) is 12.1. The summed E-state index contributed by atoms with van der Waals surface area (Å²) in [6.45, 7) is 2.60. The Hall–Kier alpha value is -1.57. The molecule has 8 heteroatoms. The first kappa shape index (κ1) is 22.5. The van der Waals surface area contributed by atoms with E-state index in [2.05, 4.69) is 22.2 Å². The fraction of sp³-hybridized carbons (Fsp3) is 0.500. The lowest BCUT2D eigenvalue weighted by molar-refractivity contribution is -0.121. The quantitative estimate of drug-likeness (QED) is 0.534. The number of aromatic nitrogens is 2. The number of hydrogen-bond donors (Lipinski definition) is 3. The summed E-state index contributed by atoms with van der Waals surface area (Å²) in [6, 6.07) is 7.34. The maximum absolute atomic E-state index is 12.0. The first-order valence-corrected chi connectivity index (χ1v) is 9.84. The van der Waals surface area contributed by atoms with Gasteiger partial charge in [0.1, 0.15) is 5.82 Å². The minimum absolute atomic E-state index is 0. The smallest absolute Gasteiger partial charge is 0.258 e. The van der Waals surface area contributed by atoms with Crippen LogP contribution in [0.25, 0.3) is 10.9 Å². The van der Waals surface area contributed by atoms with Crippen LogP contribution in [0.3, 0.4) is 0 Å². The molecule has 4 N–H and O–H groups in total. The number of aromatic amines is 1. The number of halogens is 1. The van der Waals surface area contributed by atoms with Crippen molar-refractivity contribution in [2.45, 2.75) is 44.4 Å². The molecule has 0 aliphatic carbocycles. The van der Waals surface area contributed by atoms with Crippen LogP contribution >= 0.6 is 24.2 Å². The van der Waals surface area contributed by atoms with Crippen LogP contribution < -0.4 is 16.6 Å². The fourth-order valence-corrected chi connectivity index (χ4v) is 3.34. The summed E-state index contributed by atoms with van der Waals surface area (Å²) in [7, 11) is 0. The number of fused-ring (bicyclic) bond motifs is 1. The topological polar surface area (TPSA) is 101 Å².